The van der Waals surface area contributed by atoms with E-state index < -0.39 is 0 Å². The number of aromatic nitrogens is 2. The molecule has 0 radical (unpaired) electrons. The van der Waals surface area contributed by atoms with E-state index in [9.17, 15) is 0 Å². The molecule has 0 spiro atoms. The van der Waals surface area contributed by atoms with Crippen molar-refractivity contribution in [3.05, 3.63) is 76.7 Å². The van der Waals surface area contributed by atoms with Crippen LogP contribution in [-0.2, 0) is 13.1 Å². The molecular weight excluding hydrogens is 447 g/mol. The number of H-pyrrole nitrogens is 1. The van der Waals surface area contributed by atoms with Gasteiger partial charge in [-0.3, -0.25) is 4.99 Å². The summed E-state index contributed by atoms with van der Waals surface area (Å²) in [6.45, 7) is 10.3. The van der Waals surface area contributed by atoms with Gasteiger partial charge in [-0.05, 0) is 70.0 Å². The average Bonchev–Trinajstić information content (AvgIpc) is 3.16. The van der Waals surface area contributed by atoms with Crippen LogP contribution in [0.25, 0.3) is 0 Å². The van der Waals surface area contributed by atoms with Crippen LogP contribution in [0, 0.1) is 20.8 Å². The number of halogens is 2. The number of aryl methyl sites for hydroxylation is 3. The molecule has 0 amide bonds. The van der Waals surface area contributed by atoms with Crippen molar-refractivity contribution in [2.45, 2.75) is 34.6 Å². The number of pyridine rings is 1. The van der Waals surface area contributed by atoms with Gasteiger partial charge in [-0.15, -0.1) is 0 Å². The van der Waals surface area contributed by atoms with Gasteiger partial charge < -0.3 is 4.98 Å². The van der Waals surface area contributed by atoms with Crippen molar-refractivity contribution in [1.29, 1.82) is 0 Å². The Labute approximate surface area is 187 Å². The number of aromatic amines is 1. The monoisotopic (exact) mass is 470 g/mol. The first-order chi connectivity index (χ1) is 13.8. The summed E-state index contributed by atoms with van der Waals surface area (Å²) in [4.78, 5) is 17.1. The van der Waals surface area contributed by atoms with Gasteiger partial charge in [-0.25, -0.2) is 9.98 Å². The van der Waals surface area contributed by atoms with Gasteiger partial charge in [0.15, 0.2) is 5.82 Å². The fourth-order valence-corrected chi connectivity index (χ4v) is 3.05. The minimum atomic E-state index is 0.194. The van der Waals surface area contributed by atoms with Gasteiger partial charge in [0.2, 0.25) is 0 Å². The molecule has 3 rings (SSSR count). The summed E-state index contributed by atoms with van der Waals surface area (Å²) in [5, 5.41) is 0. The molecule has 1 N–H and O–H groups in total. The molecule has 0 saturated carbocycles. The van der Waals surface area contributed by atoms with E-state index in [1.807, 2.05) is 44.2 Å². The summed E-state index contributed by atoms with van der Waals surface area (Å²) >= 11 is 0.194. The fraction of sp³-hybridized carbons (Fsp3) is 0.227. The Balaban J connectivity index is 0.000000941. The average molecular weight is 471 g/mol. The zero-order valence-electron chi connectivity index (χ0n) is 17.1. The van der Waals surface area contributed by atoms with Crippen molar-refractivity contribution < 1.29 is 13.1 Å². The first-order valence-corrected chi connectivity index (χ1v) is 12.0. The molecule has 154 valence electrons. The molecule has 0 aliphatic carbocycles. The van der Waals surface area contributed by atoms with Crippen LogP contribution < -0.4 is 0 Å². The molecule has 29 heavy (non-hydrogen) atoms. The molecule has 0 aliphatic heterocycles. The third-order valence-electron chi connectivity index (χ3n) is 4.31. The van der Waals surface area contributed by atoms with Crippen molar-refractivity contribution in [1.82, 2.24) is 9.97 Å². The van der Waals surface area contributed by atoms with Crippen molar-refractivity contribution in [2.24, 2.45) is 9.98 Å². The summed E-state index contributed by atoms with van der Waals surface area (Å²) in [6, 6.07) is 14.1. The van der Waals surface area contributed by atoms with E-state index >= 15 is 0 Å². The molecule has 0 fully saturated rings. The third-order valence-corrected chi connectivity index (χ3v) is 4.31. The Morgan fingerprint density at radius 3 is 1.97 bits per heavy atom. The van der Waals surface area contributed by atoms with E-state index in [0.717, 1.165) is 28.5 Å². The topological polar surface area (TPSA) is 53.4 Å². The summed E-state index contributed by atoms with van der Waals surface area (Å²) < 4.78 is 0. The summed E-state index contributed by atoms with van der Waals surface area (Å²) in [5.74, 6) is 0.706. The number of nitrogens with zero attached hydrogens (tertiary/aromatic N) is 3. The molecule has 1 aromatic carbocycles. The number of rotatable bonds is 4. The molecule has 2 aromatic heterocycles. The first-order valence-electron chi connectivity index (χ1n) is 9.00. The summed E-state index contributed by atoms with van der Waals surface area (Å²) in [6.07, 6.45) is 1.75. The van der Waals surface area contributed by atoms with E-state index in [2.05, 4.69) is 47.9 Å². The van der Waals surface area contributed by atoms with E-state index in [4.69, 9.17) is 25.2 Å². The first kappa shape index (κ1) is 23.4. The Morgan fingerprint density at radius 2 is 1.45 bits per heavy atom. The Bertz CT molecular complexity index is 988. The van der Waals surface area contributed by atoms with Crippen LogP contribution in [-0.4, -0.2) is 21.4 Å². The Morgan fingerprint density at radius 1 is 0.897 bits per heavy atom. The molecule has 0 unspecified atom stereocenters. The van der Waals surface area contributed by atoms with E-state index in [1.54, 1.807) is 6.20 Å². The standard InChI is InChI=1S/C22H24N4.2ClH.Fe/c1-14-12-15(2)22(16(3)13-14)25-18(5)20-10-9-19(26-20)17(4)24-21-8-6-7-11-23-21;;;/h6-13,26H,1-5H3;2*1H;/q;;;+2/p-2/b24-17+,25-18?;;;. The Kier molecular flexibility index (Phi) is 9.12. The SMILES string of the molecule is CC(=Nc1c(C)cc(C)cc1C)c1ccc(/C(C)=N/c2ccccn2)[nH]1.[Cl][Fe][Cl]. The molecule has 0 saturated heterocycles. The maximum absolute atomic E-state index is 4.86. The van der Waals surface area contributed by atoms with Crippen LogP contribution in [0.5, 0.6) is 0 Å². The van der Waals surface area contributed by atoms with Gasteiger partial charge in [0, 0.05) is 6.20 Å². The van der Waals surface area contributed by atoms with Crippen molar-refractivity contribution in [3.63, 3.8) is 0 Å². The molecule has 2 heterocycles. The number of hydrogen-bond donors (Lipinski definition) is 1. The normalized spacial score (nSPS) is 12.0. The predicted octanol–water partition coefficient (Wildman–Crippen LogP) is 6.99. The molecule has 7 heteroatoms. The quantitative estimate of drug-likeness (QED) is 0.324. The van der Waals surface area contributed by atoms with Crippen LogP contribution in [0.2, 0.25) is 0 Å². The molecule has 3 aromatic rings. The van der Waals surface area contributed by atoms with Gasteiger partial charge in [0.05, 0.1) is 28.5 Å². The molecule has 0 bridgehead atoms. The van der Waals surface area contributed by atoms with Gasteiger partial charge in [0.25, 0.3) is 0 Å². The molecule has 0 atom stereocenters. The predicted molar refractivity (Wildman–Crippen MR) is 121 cm³/mol. The summed E-state index contributed by atoms with van der Waals surface area (Å²) in [7, 11) is 9.53. The number of hydrogen-bond acceptors (Lipinski definition) is 3. The van der Waals surface area contributed by atoms with Crippen LogP contribution in [0.3, 0.4) is 0 Å². The van der Waals surface area contributed by atoms with Crippen molar-refractivity contribution >= 4 is 43.1 Å². The zero-order valence-corrected chi connectivity index (χ0v) is 19.7. The van der Waals surface area contributed by atoms with Crippen LogP contribution >= 0.6 is 20.2 Å². The maximum atomic E-state index is 4.86. The van der Waals surface area contributed by atoms with E-state index in [-0.39, 0.29) is 13.1 Å². The van der Waals surface area contributed by atoms with Crippen molar-refractivity contribution in [2.75, 3.05) is 0 Å². The minimum absolute atomic E-state index is 0.194. The second-order valence-electron chi connectivity index (χ2n) is 6.67. The third kappa shape index (κ3) is 6.83. The zero-order chi connectivity index (χ0) is 21.4. The van der Waals surface area contributed by atoms with Crippen LogP contribution in [0.4, 0.5) is 11.5 Å². The number of aliphatic imine (C=N–C) groups is 2. The molecular formula is C22H24Cl2FeN4. The van der Waals surface area contributed by atoms with Gasteiger partial charge in [0.1, 0.15) is 0 Å². The number of nitrogens with one attached hydrogen (secondary N) is 1. The molecule has 4 nitrogen and oxygen atoms in total. The second-order valence-corrected chi connectivity index (χ2v) is 8.49. The van der Waals surface area contributed by atoms with Gasteiger partial charge in [-0.2, -0.15) is 0 Å². The van der Waals surface area contributed by atoms with Crippen LogP contribution in [0.1, 0.15) is 41.9 Å². The van der Waals surface area contributed by atoms with Crippen LogP contribution in [0.15, 0.2) is 58.6 Å². The van der Waals surface area contributed by atoms with Gasteiger partial charge in [-0.1, -0.05) is 23.8 Å². The van der Waals surface area contributed by atoms with Crippen molar-refractivity contribution in [3.8, 4) is 0 Å². The molecule has 0 aliphatic rings. The van der Waals surface area contributed by atoms with Gasteiger partial charge >= 0.3 is 33.3 Å². The second kappa shape index (κ2) is 11.3. The number of benzene rings is 1. The summed E-state index contributed by atoms with van der Waals surface area (Å²) in [5.41, 5.74) is 8.51. The van der Waals surface area contributed by atoms with E-state index in [0.29, 0.717) is 5.82 Å². The van der Waals surface area contributed by atoms with E-state index in [1.165, 1.54) is 16.7 Å². The Hall–Kier alpha value is -1.91. The fourth-order valence-electron chi connectivity index (χ4n) is 3.05.